The number of nitro benzene ring substituents is 1. The molecular weight excluding hydrogens is 202 g/mol. The van der Waals surface area contributed by atoms with Crippen molar-refractivity contribution >= 4 is 5.69 Å². The van der Waals surface area contributed by atoms with E-state index in [-0.39, 0.29) is 18.9 Å². The van der Waals surface area contributed by atoms with Gasteiger partial charge in [-0.25, -0.2) is 11.8 Å². The van der Waals surface area contributed by atoms with Gasteiger partial charge in [-0.2, -0.15) is 0 Å². The lowest BCUT2D eigenvalue weighted by Crippen LogP contribution is -2.04. The van der Waals surface area contributed by atoms with Crippen LogP contribution in [0.3, 0.4) is 0 Å². The topological polar surface area (TPSA) is 114 Å². The van der Waals surface area contributed by atoms with E-state index >= 15 is 0 Å². The van der Waals surface area contributed by atoms with E-state index in [2.05, 4.69) is 9.68 Å². The molecule has 0 aliphatic carbocycles. The average molecular weight is 213 g/mol. The number of nitro groups is 1. The predicted octanol–water partition coefficient (Wildman–Crippen LogP) is 0.375. The van der Waals surface area contributed by atoms with Gasteiger partial charge in [-0.1, -0.05) is 6.07 Å². The Morgan fingerprint density at radius 3 is 2.47 bits per heavy atom. The van der Waals surface area contributed by atoms with Crippen LogP contribution in [-0.2, 0) is 22.9 Å². The molecule has 0 saturated carbocycles. The number of nitrogens with zero attached hydrogens (tertiary/aromatic N) is 1. The number of hydrogen-bond donors (Lipinski definition) is 2. The maximum absolute atomic E-state index is 10.7. The van der Waals surface area contributed by atoms with Gasteiger partial charge in [-0.15, -0.1) is 0 Å². The third kappa shape index (κ3) is 2.96. The monoisotopic (exact) mass is 213 g/mol. The molecular formula is C8H11N3O4. The van der Waals surface area contributed by atoms with Crippen molar-refractivity contribution in [1.82, 2.24) is 0 Å². The van der Waals surface area contributed by atoms with Crippen LogP contribution in [0, 0.1) is 10.1 Å². The van der Waals surface area contributed by atoms with Crippen LogP contribution in [0.1, 0.15) is 11.1 Å². The number of rotatable bonds is 5. The first-order valence-electron chi connectivity index (χ1n) is 4.08. The highest BCUT2D eigenvalue weighted by atomic mass is 16.6. The maximum Gasteiger partial charge on any atom is 0.275 e. The van der Waals surface area contributed by atoms with E-state index < -0.39 is 4.92 Å². The highest BCUT2D eigenvalue weighted by Crippen LogP contribution is 2.21. The second kappa shape index (κ2) is 5.37. The second-order valence-corrected chi connectivity index (χ2v) is 2.84. The van der Waals surface area contributed by atoms with E-state index in [1.54, 1.807) is 12.1 Å². The number of nitrogens with two attached hydrogens (primary N) is 2. The number of hydrogen-bond acceptors (Lipinski definition) is 6. The van der Waals surface area contributed by atoms with E-state index in [4.69, 9.17) is 11.8 Å². The van der Waals surface area contributed by atoms with E-state index in [9.17, 15) is 10.1 Å². The Bertz CT molecular complexity index is 356. The molecule has 7 nitrogen and oxygen atoms in total. The Morgan fingerprint density at radius 2 is 1.93 bits per heavy atom. The van der Waals surface area contributed by atoms with Gasteiger partial charge in [-0.3, -0.25) is 19.8 Å². The van der Waals surface area contributed by atoms with Crippen molar-refractivity contribution in [3.63, 3.8) is 0 Å². The molecule has 1 rings (SSSR count). The molecule has 0 heterocycles. The van der Waals surface area contributed by atoms with Crippen molar-refractivity contribution < 1.29 is 14.6 Å². The zero-order valence-corrected chi connectivity index (χ0v) is 7.88. The molecule has 4 N–H and O–H groups in total. The van der Waals surface area contributed by atoms with E-state index in [1.807, 2.05) is 0 Å². The van der Waals surface area contributed by atoms with Gasteiger partial charge in [0.1, 0.15) is 0 Å². The van der Waals surface area contributed by atoms with Crippen LogP contribution in [0.5, 0.6) is 0 Å². The molecule has 0 fully saturated rings. The first-order chi connectivity index (χ1) is 7.19. The minimum Gasteiger partial charge on any atom is -0.300 e. The Morgan fingerprint density at radius 1 is 1.27 bits per heavy atom. The highest BCUT2D eigenvalue weighted by molar-refractivity contribution is 5.42. The van der Waals surface area contributed by atoms with Gasteiger partial charge in [0.05, 0.1) is 23.7 Å². The van der Waals surface area contributed by atoms with Gasteiger partial charge in [0.15, 0.2) is 0 Å². The molecule has 0 bridgehead atoms. The van der Waals surface area contributed by atoms with Gasteiger partial charge in [0.2, 0.25) is 0 Å². The third-order valence-corrected chi connectivity index (χ3v) is 1.84. The van der Waals surface area contributed by atoms with Crippen LogP contribution in [0.15, 0.2) is 18.2 Å². The van der Waals surface area contributed by atoms with Crippen LogP contribution in [0.25, 0.3) is 0 Å². The zero-order valence-electron chi connectivity index (χ0n) is 7.88. The molecule has 0 spiro atoms. The minimum absolute atomic E-state index is 0.0138. The first kappa shape index (κ1) is 11.5. The second-order valence-electron chi connectivity index (χ2n) is 2.84. The fourth-order valence-electron chi connectivity index (χ4n) is 1.18. The zero-order chi connectivity index (χ0) is 11.3. The molecule has 0 atom stereocenters. The van der Waals surface area contributed by atoms with Gasteiger partial charge in [0.25, 0.3) is 5.69 Å². The summed E-state index contributed by atoms with van der Waals surface area (Å²) in [5, 5.41) is 10.7. The van der Waals surface area contributed by atoms with Crippen LogP contribution in [0.2, 0.25) is 0 Å². The summed E-state index contributed by atoms with van der Waals surface area (Å²) in [4.78, 5) is 18.9. The largest absolute Gasteiger partial charge is 0.300 e. The summed E-state index contributed by atoms with van der Waals surface area (Å²) in [6.07, 6.45) is 0. The SMILES string of the molecule is NOCc1ccc(CON)c([N+](=O)[O-])c1. The smallest absolute Gasteiger partial charge is 0.275 e. The normalized spacial score (nSPS) is 10.3. The molecule has 7 heteroatoms. The molecule has 0 radical (unpaired) electrons. The number of benzene rings is 1. The van der Waals surface area contributed by atoms with Crippen molar-refractivity contribution in [2.24, 2.45) is 11.8 Å². The van der Waals surface area contributed by atoms with Gasteiger partial charge >= 0.3 is 0 Å². The maximum atomic E-state index is 10.7. The summed E-state index contributed by atoms with van der Waals surface area (Å²) >= 11 is 0. The molecule has 82 valence electrons. The Labute approximate surface area is 85.6 Å². The summed E-state index contributed by atoms with van der Waals surface area (Å²) < 4.78 is 0. The molecule has 1 aromatic rings. The quantitative estimate of drug-likeness (QED) is 0.539. The van der Waals surface area contributed by atoms with E-state index in [0.29, 0.717) is 11.1 Å². The third-order valence-electron chi connectivity index (χ3n) is 1.84. The summed E-state index contributed by atoms with van der Waals surface area (Å²) in [5.74, 6) is 9.73. The minimum atomic E-state index is -0.506. The van der Waals surface area contributed by atoms with Gasteiger partial charge in [-0.05, 0) is 11.6 Å². The van der Waals surface area contributed by atoms with E-state index in [0.717, 1.165) is 0 Å². The molecule has 0 aliphatic rings. The lowest BCUT2D eigenvalue weighted by atomic mass is 10.1. The molecule has 0 aromatic heterocycles. The molecule has 0 aliphatic heterocycles. The molecule has 0 unspecified atom stereocenters. The molecule has 0 saturated heterocycles. The van der Waals surface area contributed by atoms with Crippen molar-refractivity contribution in [1.29, 1.82) is 0 Å². The summed E-state index contributed by atoms with van der Waals surface area (Å²) in [6.45, 7) is 0.102. The van der Waals surface area contributed by atoms with Crippen molar-refractivity contribution in [3.8, 4) is 0 Å². The lowest BCUT2D eigenvalue weighted by molar-refractivity contribution is -0.386. The predicted molar refractivity (Wildman–Crippen MR) is 51.0 cm³/mol. The standard InChI is InChI=1S/C8H11N3O4/c9-14-4-6-1-2-7(5-15-10)8(3-6)11(12)13/h1-3H,4-5,9-10H2. The van der Waals surface area contributed by atoms with Crippen LogP contribution in [-0.4, -0.2) is 4.92 Å². The summed E-state index contributed by atoms with van der Waals surface area (Å²) in [7, 11) is 0. The molecule has 0 amide bonds. The summed E-state index contributed by atoms with van der Waals surface area (Å²) in [6, 6.07) is 4.59. The summed E-state index contributed by atoms with van der Waals surface area (Å²) in [5.41, 5.74) is 0.961. The van der Waals surface area contributed by atoms with Crippen molar-refractivity contribution in [2.45, 2.75) is 13.2 Å². The molecule has 1 aromatic carbocycles. The Hall–Kier alpha value is -1.54. The van der Waals surface area contributed by atoms with Crippen molar-refractivity contribution in [3.05, 3.63) is 39.4 Å². The Balaban J connectivity index is 3.03. The van der Waals surface area contributed by atoms with Gasteiger partial charge in [0, 0.05) is 6.07 Å². The molecule has 15 heavy (non-hydrogen) atoms. The Kier molecular flexibility index (Phi) is 4.13. The fourth-order valence-corrected chi connectivity index (χ4v) is 1.18. The average Bonchev–Trinajstić information content (AvgIpc) is 2.21. The van der Waals surface area contributed by atoms with Crippen LogP contribution < -0.4 is 11.8 Å². The fraction of sp³-hybridized carbons (Fsp3) is 0.250. The van der Waals surface area contributed by atoms with Crippen LogP contribution >= 0.6 is 0 Å². The first-order valence-corrected chi connectivity index (χ1v) is 4.08. The van der Waals surface area contributed by atoms with E-state index in [1.165, 1.54) is 6.07 Å². The van der Waals surface area contributed by atoms with Crippen molar-refractivity contribution in [2.75, 3.05) is 0 Å². The van der Waals surface area contributed by atoms with Crippen LogP contribution in [0.4, 0.5) is 5.69 Å². The van der Waals surface area contributed by atoms with Gasteiger partial charge < -0.3 is 0 Å². The lowest BCUT2D eigenvalue weighted by Gasteiger charge is -2.03. The highest BCUT2D eigenvalue weighted by Gasteiger charge is 2.14.